The number of nitrogens with one attached hydrogen (secondary N) is 1. The first kappa shape index (κ1) is 10.7. The van der Waals surface area contributed by atoms with Crippen molar-refractivity contribution in [3.8, 4) is 0 Å². The highest BCUT2D eigenvalue weighted by Gasteiger charge is 2.05. The van der Waals surface area contributed by atoms with Crippen LogP contribution in [0, 0.1) is 0 Å². The topological polar surface area (TPSA) is 47.3 Å². The molecular formula is C9H16N2OS. The quantitative estimate of drug-likeness (QED) is 0.535. The number of ether oxygens (including phenoxy) is 1. The van der Waals surface area contributed by atoms with E-state index >= 15 is 0 Å². The van der Waals surface area contributed by atoms with Gasteiger partial charge in [0.2, 0.25) is 0 Å². The monoisotopic (exact) mass is 200 g/mol. The molecule has 0 spiro atoms. The first-order chi connectivity index (χ1) is 6.36. The van der Waals surface area contributed by atoms with Gasteiger partial charge in [0, 0.05) is 18.0 Å². The van der Waals surface area contributed by atoms with Crippen LogP contribution in [0.2, 0.25) is 0 Å². The molecule has 1 aromatic rings. The van der Waals surface area contributed by atoms with Crippen LogP contribution >= 0.6 is 11.3 Å². The van der Waals surface area contributed by atoms with E-state index in [0.29, 0.717) is 6.61 Å². The van der Waals surface area contributed by atoms with Gasteiger partial charge in [0.05, 0.1) is 6.61 Å². The summed E-state index contributed by atoms with van der Waals surface area (Å²) < 4.78 is 5.03. The van der Waals surface area contributed by atoms with E-state index in [9.17, 15) is 0 Å². The van der Waals surface area contributed by atoms with Gasteiger partial charge in [-0.2, -0.15) is 0 Å². The molecule has 1 atom stereocenters. The van der Waals surface area contributed by atoms with E-state index in [-0.39, 0.29) is 6.04 Å². The van der Waals surface area contributed by atoms with Gasteiger partial charge in [-0.3, -0.25) is 11.3 Å². The Bertz CT molecular complexity index is 213. The van der Waals surface area contributed by atoms with Crippen LogP contribution in [0.25, 0.3) is 0 Å². The third-order valence-corrected chi connectivity index (χ3v) is 2.86. The van der Waals surface area contributed by atoms with Crippen molar-refractivity contribution in [2.45, 2.75) is 18.9 Å². The molecule has 0 aliphatic rings. The molecule has 0 amide bonds. The molecule has 1 heterocycles. The van der Waals surface area contributed by atoms with Gasteiger partial charge in [0.25, 0.3) is 0 Å². The summed E-state index contributed by atoms with van der Waals surface area (Å²) in [7, 11) is 1.69. The molecular weight excluding hydrogens is 184 g/mol. The average molecular weight is 200 g/mol. The lowest BCUT2D eigenvalue weighted by Crippen LogP contribution is -2.38. The lowest BCUT2D eigenvalue weighted by atomic mass is 10.1. The van der Waals surface area contributed by atoms with Crippen LogP contribution in [0.5, 0.6) is 0 Å². The number of nitrogens with two attached hydrogens (primary N) is 1. The van der Waals surface area contributed by atoms with Crippen LogP contribution in [-0.4, -0.2) is 19.8 Å². The second-order valence-electron chi connectivity index (χ2n) is 2.94. The van der Waals surface area contributed by atoms with Crippen molar-refractivity contribution in [2.75, 3.05) is 13.7 Å². The summed E-state index contributed by atoms with van der Waals surface area (Å²) in [5.41, 5.74) is 2.75. The molecule has 3 N–H and O–H groups in total. The zero-order chi connectivity index (χ0) is 9.52. The fourth-order valence-corrected chi connectivity index (χ4v) is 1.91. The number of rotatable bonds is 6. The van der Waals surface area contributed by atoms with E-state index in [1.807, 2.05) is 0 Å². The van der Waals surface area contributed by atoms with Crippen molar-refractivity contribution >= 4 is 11.3 Å². The third kappa shape index (κ3) is 3.87. The van der Waals surface area contributed by atoms with E-state index in [2.05, 4.69) is 22.9 Å². The summed E-state index contributed by atoms with van der Waals surface area (Å²) >= 11 is 1.78. The van der Waals surface area contributed by atoms with Gasteiger partial charge >= 0.3 is 0 Å². The molecule has 1 unspecified atom stereocenters. The van der Waals surface area contributed by atoms with Gasteiger partial charge in [0.15, 0.2) is 0 Å². The molecule has 1 aromatic heterocycles. The van der Waals surface area contributed by atoms with Gasteiger partial charge in [0.1, 0.15) is 0 Å². The molecule has 4 heteroatoms. The second-order valence-corrected chi connectivity index (χ2v) is 3.97. The Morgan fingerprint density at radius 1 is 1.69 bits per heavy atom. The smallest absolute Gasteiger partial charge is 0.0629 e. The number of hydrogen-bond donors (Lipinski definition) is 2. The van der Waals surface area contributed by atoms with E-state index in [1.54, 1.807) is 18.4 Å². The van der Waals surface area contributed by atoms with Gasteiger partial charge < -0.3 is 4.74 Å². The predicted octanol–water partition coefficient (Wildman–Crippen LogP) is 1.16. The first-order valence-corrected chi connectivity index (χ1v) is 5.22. The SMILES string of the molecule is COCC(CCc1cccs1)NN. The fraction of sp³-hybridized carbons (Fsp3) is 0.556. The van der Waals surface area contributed by atoms with Crippen LogP contribution < -0.4 is 11.3 Å². The van der Waals surface area contributed by atoms with Crippen molar-refractivity contribution in [1.82, 2.24) is 5.43 Å². The molecule has 0 radical (unpaired) electrons. The molecule has 13 heavy (non-hydrogen) atoms. The van der Waals surface area contributed by atoms with E-state index < -0.39 is 0 Å². The zero-order valence-corrected chi connectivity index (χ0v) is 8.64. The molecule has 0 bridgehead atoms. The van der Waals surface area contributed by atoms with Crippen molar-refractivity contribution in [1.29, 1.82) is 0 Å². The maximum absolute atomic E-state index is 5.37. The second kappa shape index (κ2) is 6.10. The minimum atomic E-state index is 0.257. The molecule has 3 nitrogen and oxygen atoms in total. The van der Waals surface area contributed by atoms with Gasteiger partial charge in [-0.05, 0) is 24.3 Å². The summed E-state index contributed by atoms with van der Waals surface area (Å²) in [5.74, 6) is 5.37. The molecule has 0 saturated carbocycles. The molecule has 0 saturated heterocycles. The Kier molecular flexibility index (Phi) is 5.00. The fourth-order valence-electron chi connectivity index (χ4n) is 1.19. The van der Waals surface area contributed by atoms with Gasteiger partial charge in [-0.15, -0.1) is 11.3 Å². The van der Waals surface area contributed by atoms with Crippen molar-refractivity contribution in [3.05, 3.63) is 22.4 Å². The Morgan fingerprint density at radius 2 is 2.54 bits per heavy atom. The van der Waals surface area contributed by atoms with Crippen LogP contribution in [0.15, 0.2) is 17.5 Å². The normalized spacial score (nSPS) is 13.1. The third-order valence-electron chi connectivity index (χ3n) is 1.92. The highest BCUT2D eigenvalue weighted by atomic mass is 32.1. The summed E-state index contributed by atoms with van der Waals surface area (Å²) in [6, 6.07) is 4.47. The lowest BCUT2D eigenvalue weighted by molar-refractivity contribution is 0.163. The predicted molar refractivity (Wildman–Crippen MR) is 55.6 cm³/mol. The van der Waals surface area contributed by atoms with Crippen LogP contribution in [0.4, 0.5) is 0 Å². The number of methoxy groups -OCH3 is 1. The summed E-state index contributed by atoms with van der Waals surface area (Å²) in [4.78, 5) is 1.40. The Labute approximate surface area is 82.9 Å². The first-order valence-electron chi connectivity index (χ1n) is 4.34. The number of hydrazine groups is 1. The molecule has 0 aliphatic heterocycles. The molecule has 1 rings (SSSR count). The minimum Gasteiger partial charge on any atom is -0.383 e. The molecule has 0 aromatic carbocycles. The van der Waals surface area contributed by atoms with Crippen molar-refractivity contribution in [3.63, 3.8) is 0 Å². The van der Waals surface area contributed by atoms with Crippen LogP contribution in [0.3, 0.4) is 0 Å². The lowest BCUT2D eigenvalue weighted by Gasteiger charge is -2.13. The Balaban J connectivity index is 2.23. The van der Waals surface area contributed by atoms with Gasteiger partial charge in [-0.1, -0.05) is 6.07 Å². The summed E-state index contributed by atoms with van der Waals surface area (Å²) in [6.45, 7) is 0.669. The molecule has 74 valence electrons. The number of aryl methyl sites for hydroxylation is 1. The molecule has 0 fully saturated rings. The minimum absolute atomic E-state index is 0.257. The molecule has 0 aliphatic carbocycles. The number of hydrogen-bond acceptors (Lipinski definition) is 4. The van der Waals surface area contributed by atoms with E-state index in [1.165, 1.54) is 4.88 Å². The zero-order valence-electron chi connectivity index (χ0n) is 7.82. The largest absolute Gasteiger partial charge is 0.383 e. The maximum atomic E-state index is 5.37. The maximum Gasteiger partial charge on any atom is 0.0629 e. The highest BCUT2D eigenvalue weighted by Crippen LogP contribution is 2.11. The van der Waals surface area contributed by atoms with Crippen LogP contribution in [0.1, 0.15) is 11.3 Å². The van der Waals surface area contributed by atoms with Crippen molar-refractivity contribution in [2.24, 2.45) is 5.84 Å². The summed E-state index contributed by atoms with van der Waals surface area (Å²) in [6.07, 6.45) is 2.08. The van der Waals surface area contributed by atoms with E-state index in [0.717, 1.165) is 12.8 Å². The number of thiophene rings is 1. The van der Waals surface area contributed by atoms with Gasteiger partial charge in [-0.25, -0.2) is 0 Å². The Morgan fingerprint density at radius 3 is 3.08 bits per heavy atom. The Hall–Kier alpha value is -0.420. The average Bonchev–Trinajstić information content (AvgIpc) is 2.64. The van der Waals surface area contributed by atoms with Crippen molar-refractivity contribution < 1.29 is 4.74 Å². The highest BCUT2D eigenvalue weighted by molar-refractivity contribution is 7.09. The summed E-state index contributed by atoms with van der Waals surface area (Å²) in [5, 5.41) is 2.09. The standard InChI is InChI=1S/C9H16N2OS/c1-12-7-8(11-10)4-5-9-3-2-6-13-9/h2-3,6,8,11H,4-5,7,10H2,1H3. The van der Waals surface area contributed by atoms with E-state index in [4.69, 9.17) is 10.6 Å². The van der Waals surface area contributed by atoms with Crippen LogP contribution in [-0.2, 0) is 11.2 Å².